The summed E-state index contributed by atoms with van der Waals surface area (Å²) in [5, 5.41) is 13.3. The molecule has 0 aliphatic carbocycles. The Kier molecular flexibility index (Phi) is 6.77. The topological polar surface area (TPSA) is 105 Å². The summed E-state index contributed by atoms with van der Waals surface area (Å²) in [5.74, 6) is -2.03. The van der Waals surface area contributed by atoms with Crippen LogP contribution < -0.4 is 10.6 Å². The normalized spacial score (nSPS) is 9.80. The average molecular weight is 280 g/mol. The standard InChI is InChI=1S/C13H16N2O5/c16-11(14-6-10-4-2-1-3-5-10)7-15-12(17)8-20-9-13(18)19/h1-5H,6-9H2,(H,14,16)(H,15,17)(H,18,19). The predicted octanol–water partition coefficient (Wildman–Crippen LogP) is -0.480. The summed E-state index contributed by atoms with van der Waals surface area (Å²) >= 11 is 0. The second-order valence-electron chi connectivity index (χ2n) is 3.93. The van der Waals surface area contributed by atoms with Gasteiger partial charge in [0, 0.05) is 6.54 Å². The number of carbonyl (C=O) groups excluding carboxylic acids is 2. The maximum absolute atomic E-state index is 11.4. The lowest BCUT2D eigenvalue weighted by Gasteiger charge is -2.07. The van der Waals surface area contributed by atoms with Crippen molar-refractivity contribution in [3.63, 3.8) is 0 Å². The van der Waals surface area contributed by atoms with Gasteiger partial charge in [-0.3, -0.25) is 9.59 Å². The first-order valence-corrected chi connectivity index (χ1v) is 5.95. The number of hydrogen-bond acceptors (Lipinski definition) is 4. The quantitative estimate of drug-likeness (QED) is 0.596. The van der Waals surface area contributed by atoms with Gasteiger partial charge in [-0.1, -0.05) is 30.3 Å². The van der Waals surface area contributed by atoms with Crippen LogP contribution in [0.4, 0.5) is 0 Å². The molecule has 3 N–H and O–H groups in total. The molecule has 1 rings (SSSR count). The Balaban J connectivity index is 2.13. The van der Waals surface area contributed by atoms with Crippen LogP contribution in [0, 0.1) is 0 Å². The van der Waals surface area contributed by atoms with Crippen molar-refractivity contribution < 1.29 is 24.2 Å². The van der Waals surface area contributed by atoms with Crippen LogP contribution >= 0.6 is 0 Å². The Morgan fingerprint density at radius 3 is 2.35 bits per heavy atom. The third-order valence-corrected chi connectivity index (χ3v) is 2.24. The Hall–Kier alpha value is -2.41. The fourth-order valence-electron chi connectivity index (χ4n) is 1.32. The zero-order valence-corrected chi connectivity index (χ0v) is 10.8. The molecular formula is C13H16N2O5. The molecule has 0 aromatic heterocycles. The van der Waals surface area contributed by atoms with Crippen LogP contribution in [0.25, 0.3) is 0 Å². The lowest BCUT2D eigenvalue weighted by molar-refractivity contribution is -0.143. The summed E-state index contributed by atoms with van der Waals surface area (Å²) < 4.78 is 4.58. The van der Waals surface area contributed by atoms with Crippen molar-refractivity contribution in [1.29, 1.82) is 0 Å². The first kappa shape index (κ1) is 15.6. The molecule has 0 aliphatic heterocycles. The average Bonchev–Trinajstić information content (AvgIpc) is 2.43. The summed E-state index contributed by atoms with van der Waals surface area (Å²) in [6, 6.07) is 9.35. The summed E-state index contributed by atoms with van der Waals surface area (Å²) in [6.45, 7) is -0.737. The van der Waals surface area contributed by atoms with Crippen LogP contribution in [0.2, 0.25) is 0 Å². The molecule has 0 unspecified atom stereocenters. The minimum atomic E-state index is -1.15. The van der Waals surface area contributed by atoms with E-state index in [4.69, 9.17) is 5.11 Å². The zero-order chi connectivity index (χ0) is 14.8. The number of amides is 2. The summed E-state index contributed by atoms with van der Waals surface area (Å²) in [7, 11) is 0. The van der Waals surface area contributed by atoms with Gasteiger partial charge in [0.2, 0.25) is 11.8 Å². The van der Waals surface area contributed by atoms with Crippen molar-refractivity contribution in [2.45, 2.75) is 6.54 Å². The van der Waals surface area contributed by atoms with Gasteiger partial charge in [-0.05, 0) is 5.56 Å². The largest absolute Gasteiger partial charge is 0.480 e. The highest BCUT2D eigenvalue weighted by atomic mass is 16.5. The number of hydrogen-bond donors (Lipinski definition) is 3. The lowest BCUT2D eigenvalue weighted by Crippen LogP contribution is -2.38. The molecule has 0 saturated carbocycles. The molecule has 0 saturated heterocycles. The maximum Gasteiger partial charge on any atom is 0.329 e. The van der Waals surface area contributed by atoms with Crippen molar-refractivity contribution in [2.24, 2.45) is 0 Å². The van der Waals surface area contributed by atoms with E-state index in [1.165, 1.54) is 0 Å². The first-order chi connectivity index (χ1) is 9.58. The summed E-state index contributed by atoms with van der Waals surface area (Å²) in [5.41, 5.74) is 0.956. The van der Waals surface area contributed by atoms with E-state index in [0.29, 0.717) is 6.54 Å². The Morgan fingerprint density at radius 1 is 1.00 bits per heavy atom. The van der Waals surface area contributed by atoms with Gasteiger partial charge in [0.25, 0.3) is 0 Å². The van der Waals surface area contributed by atoms with Crippen molar-refractivity contribution in [3.05, 3.63) is 35.9 Å². The molecule has 0 heterocycles. The van der Waals surface area contributed by atoms with Crippen LogP contribution in [-0.4, -0.2) is 42.6 Å². The van der Waals surface area contributed by atoms with Crippen LogP contribution in [-0.2, 0) is 25.7 Å². The molecule has 20 heavy (non-hydrogen) atoms. The van der Waals surface area contributed by atoms with Crippen LogP contribution in [0.15, 0.2) is 30.3 Å². The van der Waals surface area contributed by atoms with Gasteiger partial charge in [0.05, 0.1) is 6.54 Å². The fourth-order valence-corrected chi connectivity index (χ4v) is 1.32. The maximum atomic E-state index is 11.4. The van der Waals surface area contributed by atoms with E-state index < -0.39 is 25.1 Å². The number of carbonyl (C=O) groups is 3. The number of benzene rings is 1. The third kappa shape index (κ3) is 7.12. The van der Waals surface area contributed by atoms with E-state index in [2.05, 4.69) is 15.4 Å². The Bertz CT molecular complexity index is 461. The van der Waals surface area contributed by atoms with Crippen molar-refractivity contribution in [3.8, 4) is 0 Å². The predicted molar refractivity (Wildman–Crippen MR) is 69.8 cm³/mol. The smallest absolute Gasteiger partial charge is 0.329 e. The molecule has 0 atom stereocenters. The van der Waals surface area contributed by atoms with E-state index >= 15 is 0 Å². The molecule has 0 radical (unpaired) electrons. The van der Waals surface area contributed by atoms with Crippen molar-refractivity contribution in [1.82, 2.24) is 10.6 Å². The SMILES string of the molecule is O=C(O)COCC(=O)NCC(=O)NCc1ccccc1. The Labute approximate surface area is 115 Å². The minimum absolute atomic E-state index is 0.178. The van der Waals surface area contributed by atoms with Crippen molar-refractivity contribution >= 4 is 17.8 Å². The number of aliphatic carboxylic acids is 1. The van der Waals surface area contributed by atoms with Crippen molar-refractivity contribution in [2.75, 3.05) is 19.8 Å². The van der Waals surface area contributed by atoms with E-state index in [1.807, 2.05) is 30.3 Å². The summed E-state index contributed by atoms with van der Waals surface area (Å²) in [6.07, 6.45) is 0. The second kappa shape index (κ2) is 8.65. The minimum Gasteiger partial charge on any atom is -0.480 e. The molecule has 7 heteroatoms. The fraction of sp³-hybridized carbons (Fsp3) is 0.308. The number of carboxylic acid groups (broad SMARTS) is 1. The third-order valence-electron chi connectivity index (χ3n) is 2.24. The van der Waals surface area contributed by atoms with Crippen LogP contribution in [0.5, 0.6) is 0 Å². The highest BCUT2D eigenvalue weighted by Gasteiger charge is 2.06. The molecule has 2 amide bonds. The van der Waals surface area contributed by atoms with E-state index in [-0.39, 0.29) is 12.5 Å². The zero-order valence-electron chi connectivity index (χ0n) is 10.8. The van der Waals surface area contributed by atoms with Gasteiger partial charge in [-0.25, -0.2) is 4.79 Å². The lowest BCUT2D eigenvalue weighted by atomic mass is 10.2. The molecular weight excluding hydrogens is 264 g/mol. The molecule has 0 spiro atoms. The van der Waals surface area contributed by atoms with Gasteiger partial charge in [-0.15, -0.1) is 0 Å². The second-order valence-corrected chi connectivity index (χ2v) is 3.93. The molecule has 0 bridgehead atoms. The van der Waals surface area contributed by atoms with Crippen LogP contribution in [0.1, 0.15) is 5.56 Å². The summed E-state index contributed by atoms with van der Waals surface area (Å²) in [4.78, 5) is 32.8. The van der Waals surface area contributed by atoms with E-state index in [9.17, 15) is 14.4 Å². The van der Waals surface area contributed by atoms with Gasteiger partial charge in [0.1, 0.15) is 13.2 Å². The highest BCUT2D eigenvalue weighted by Crippen LogP contribution is 1.96. The van der Waals surface area contributed by atoms with Gasteiger partial charge in [-0.2, -0.15) is 0 Å². The Morgan fingerprint density at radius 2 is 1.70 bits per heavy atom. The number of nitrogens with one attached hydrogen (secondary N) is 2. The van der Waals surface area contributed by atoms with Crippen LogP contribution in [0.3, 0.4) is 0 Å². The van der Waals surface area contributed by atoms with E-state index in [0.717, 1.165) is 5.56 Å². The molecule has 1 aromatic carbocycles. The molecule has 0 fully saturated rings. The molecule has 0 aliphatic rings. The molecule has 108 valence electrons. The molecule has 7 nitrogen and oxygen atoms in total. The number of carboxylic acids is 1. The number of rotatable bonds is 8. The highest BCUT2D eigenvalue weighted by molar-refractivity contribution is 5.85. The molecule has 1 aromatic rings. The monoisotopic (exact) mass is 280 g/mol. The first-order valence-electron chi connectivity index (χ1n) is 5.95. The number of ether oxygens (including phenoxy) is 1. The van der Waals surface area contributed by atoms with Gasteiger partial charge >= 0.3 is 5.97 Å². The van der Waals surface area contributed by atoms with Gasteiger partial charge < -0.3 is 20.5 Å². The van der Waals surface area contributed by atoms with Gasteiger partial charge in [0.15, 0.2) is 0 Å². The van der Waals surface area contributed by atoms with E-state index in [1.54, 1.807) is 0 Å².